The molecule has 1 unspecified atom stereocenters. The number of carboxylic acid groups (broad SMARTS) is 1. The first-order valence-electron chi connectivity index (χ1n) is 11.6. The van der Waals surface area contributed by atoms with Gasteiger partial charge in [0.1, 0.15) is 23.7 Å². The lowest BCUT2D eigenvalue weighted by atomic mass is 9.78. The van der Waals surface area contributed by atoms with E-state index >= 15 is 0 Å². The number of halogens is 1. The number of carbonyl (C=O) groups is 2. The van der Waals surface area contributed by atoms with Gasteiger partial charge >= 0.3 is 5.97 Å². The Balaban J connectivity index is 1.95. The summed E-state index contributed by atoms with van der Waals surface area (Å²) < 4.78 is 21.6. The zero-order chi connectivity index (χ0) is 26.7. The fourth-order valence-corrected chi connectivity index (χ4v) is 3.26. The van der Waals surface area contributed by atoms with E-state index in [1.165, 1.54) is 24.3 Å². The Morgan fingerprint density at radius 2 is 1.75 bits per heavy atom. The number of amides is 1. The Morgan fingerprint density at radius 1 is 1.11 bits per heavy atom. The summed E-state index contributed by atoms with van der Waals surface area (Å²) in [7, 11) is 0. The molecule has 2 aromatic carbocycles. The van der Waals surface area contributed by atoms with Crippen LogP contribution in [0.1, 0.15) is 61.8 Å². The molecule has 0 aliphatic carbocycles. The van der Waals surface area contributed by atoms with Crippen LogP contribution in [0.25, 0.3) is 5.69 Å². The molecule has 3 aromatic rings. The van der Waals surface area contributed by atoms with Gasteiger partial charge < -0.3 is 20.3 Å². The SMILES string of the molecule is Cc1ccc(C(CC(=O)O)NC(=O)c2cc(OC[C@@](C)(O)C(C)(C)C)n(-c3ccccc3F)n2)cc1. The molecule has 0 radical (unpaired) electrons. The number of benzene rings is 2. The van der Waals surface area contributed by atoms with E-state index in [4.69, 9.17) is 4.74 Å². The quantitative estimate of drug-likeness (QED) is 0.403. The van der Waals surface area contributed by atoms with E-state index in [0.29, 0.717) is 5.56 Å². The van der Waals surface area contributed by atoms with Crippen LogP contribution in [0.4, 0.5) is 4.39 Å². The third kappa shape index (κ3) is 6.28. The van der Waals surface area contributed by atoms with Crippen LogP contribution in [0.15, 0.2) is 54.6 Å². The van der Waals surface area contributed by atoms with Crippen molar-refractivity contribution in [1.29, 1.82) is 0 Å². The van der Waals surface area contributed by atoms with Crippen molar-refractivity contribution < 1.29 is 28.9 Å². The number of aliphatic carboxylic acids is 1. The molecule has 0 spiro atoms. The maximum Gasteiger partial charge on any atom is 0.305 e. The first-order valence-corrected chi connectivity index (χ1v) is 11.6. The highest BCUT2D eigenvalue weighted by molar-refractivity contribution is 5.93. The van der Waals surface area contributed by atoms with Gasteiger partial charge in [0.25, 0.3) is 5.91 Å². The second kappa shape index (κ2) is 10.5. The molecule has 1 aromatic heterocycles. The minimum absolute atomic E-state index is 0.0555. The molecule has 1 heterocycles. The molecule has 3 N–H and O–H groups in total. The highest BCUT2D eigenvalue weighted by Gasteiger charge is 2.36. The van der Waals surface area contributed by atoms with Crippen LogP contribution in [0, 0.1) is 18.2 Å². The lowest BCUT2D eigenvalue weighted by Gasteiger charge is -2.36. The molecule has 2 atom stereocenters. The molecular formula is C27H32FN3O5. The maximum atomic E-state index is 14.6. The Hall–Kier alpha value is -3.72. The average Bonchev–Trinajstić information content (AvgIpc) is 3.21. The van der Waals surface area contributed by atoms with Crippen molar-refractivity contribution in [3.8, 4) is 11.6 Å². The van der Waals surface area contributed by atoms with Gasteiger partial charge in [0, 0.05) is 6.07 Å². The summed E-state index contributed by atoms with van der Waals surface area (Å²) in [5.74, 6) is -2.25. The average molecular weight is 498 g/mol. The van der Waals surface area contributed by atoms with Crippen LogP contribution in [0.2, 0.25) is 0 Å². The highest BCUT2D eigenvalue weighted by atomic mass is 19.1. The summed E-state index contributed by atoms with van der Waals surface area (Å²) in [6.07, 6.45) is -0.333. The minimum atomic E-state index is -1.24. The fraction of sp³-hybridized carbons (Fsp3) is 0.370. The molecule has 0 fully saturated rings. The molecule has 1 amide bonds. The third-order valence-electron chi connectivity index (χ3n) is 6.27. The van der Waals surface area contributed by atoms with Gasteiger partial charge in [0.15, 0.2) is 5.69 Å². The monoisotopic (exact) mass is 497 g/mol. The van der Waals surface area contributed by atoms with Crippen LogP contribution in [0.5, 0.6) is 5.88 Å². The molecule has 8 nitrogen and oxygen atoms in total. The smallest absolute Gasteiger partial charge is 0.305 e. The van der Waals surface area contributed by atoms with Gasteiger partial charge in [-0.3, -0.25) is 9.59 Å². The van der Waals surface area contributed by atoms with Gasteiger partial charge in [-0.25, -0.2) is 4.39 Å². The summed E-state index contributed by atoms with van der Waals surface area (Å²) in [5.41, 5.74) is -0.168. The van der Waals surface area contributed by atoms with Crippen molar-refractivity contribution in [3.63, 3.8) is 0 Å². The first kappa shape index (κ1) is 26.9. The number of rotatable bonds is 9. The van der Waals surface area contributed by atoms with Crippen molar-refractivity contribution in [2.45, 2.75) is 52.7 Å². The lowest BCUT2D eigenvalue weighted by molar-refractivity contribution is -0.137. The van der Waals surface area contributed by atoms with Crippen molar-refractivity contribution >= 4 is 11.9 Å². The normalized spacial score (nSPS) is 14.1. The van der Waals surface area contributed by atoms with E-state index in [1.54, 1.807) is 25.1 Å². The summed E-state index contributed by atoms with van der Waals surface area (Å²) in [6, 6.07) is 13.6. The molecule has 0 aliphatic rings. The van der Waals surface area contributed by atoms with Crippen LogP contribution in [-0.4, -0.2) is 44.1 Å². The Labute approximate surface area is 209 Å². The number of nitrogens with one attached hydrogen (secondary N) is 1. The number of ether oxygens (including phenoxy) is 1. The van der Waals surface area contributed by atoms with Crippen molar-refractivity contribution in [2.24, 2.45) is 5.41 Å². The van der Waals surface area contributed by atoms with Crippen LogP contribution < -0.4 is 10.1 Å². The van der Waals surface area contributed by atoms with Gasteiger partial charge in [-0.15, -0.1) is 0 Å². The first-order chi connectivity index (χ1) is 16.8. The third-order valence-corrected chi connectivity index (χ3v) is 6.27. The molecular weight excluding hydrogens is 465 g/mol. The Morgan fingerprint density at radius 3 is 2.33 bits per heavy atom. The molecule has 192 valence electrons. The molecule has 9 heteroatoms. The second-order valence-electron chi connectivity index (χ2n) is 10.1. The number of carboxylic acids is 1. The number of aromatic nitrogens is 2. The van der Waals surface area contributed by atoms with Crippen molar-refractivity contribution in [3.05, 3.63) is 77.2 Å². The number of aryl methyl sites for hydroxylation is 1. The molecule has 36 heavy (non-hydrogen) atoms. The highest BCUT2D eigenvalue weighted by Crippen LogP contribution is 2.31. The van der Waals surface area contributed by atoms with Gasteiger partial charge in [-0.05, 0) is 37.0 Å². The summed E-state index contributed by atoms with van der Waals surface area (Å²) in [5, 5.41) is 27.2. The van der Waals surface area contributed by atoms with E-state index in [1.807, 2.05) is 39.8 Å². The molecule has 0 bridgehead atoms. The zero-order valence-corrected chi connectivity index (χ0v) is 21.1. The molecule has 0 saturated heterocycles. The van der Waals surface area contributed by atoms with E-state index in [0.717, 1.165) is 10.2 Å². The fourth-order valence-electron chi connectivity index (χ4n) is 3.26. The number of para-hydroxylation sites is 1. The Bertz CT molecular complexity index is 1230. The number of carbonyl (C=O) groups excluding carboxylic acids is 1. The van der Waals surface area contributed by atoms with Crippen LogP contribution in [0.3, 0.4) is 0 Å². The topological polar surface area (TPSA) is 114 Å². The van der Waals surface area contributed by atoms with Crippen LogP contribution >= 0.6 is 0 Å². The lowest BCUT2D eigenvalue weighted by Crippen LogP contribution is -2.45. The van der Waals surface area contributed by atoms with Crippen molar-refractivity contribution in [2.75, 3.05) is 6.61 Å². The number of aliphatic hydroxyl groups is 1. The van der Waals surface area contributed by atoms with Crippen molar-refractivity contribution in [1.82, 2.24) is 15.1 Å². The molecule has 0 saturated carbocycles. The predicted molar refractivity (Wildman–Crippen MR) is 133 cm³/mol. The number of hydrogen-bond acceptors (Lipinski definition) is 5. The van der Waals surface area contributed by atoms with Crippen LogP contribution in [-0.2, 0) is 4.79 Å². The second-order valence-corrected chi connectivity index (χ2v) is 10.1. The number of hydrogen-bond donors (Lipinski definition) is 3. The van der Waals surface area contributed by atoms with E-state index in [9.17, 15) is 24.2 Å². The minimum Gasteiger partial charge on any atom is -0.481 e. The van der Waals surface area contributed by atoms with Gasteiger partial charge in [0.2, 0.25) is 5.88 Å². The number of nitrogens with zero attached hydrogens (tertiary/aromatic N) is 2. The Kier molecular flexibility index (Phi) is 7.83. The largest absolute Gasteiger partial charge is 0.481 e. The van der Waals surface area contributed by atoms with E-state index in [-0.39, 0.29) is 30.3 Å². The van der Waals surface area contributed by atoms with Gasteiger partial charge in [-0.1, -0.05) is 62.7 Å². The summed E-state index contributed by atoms with van der Waals surface area (Å²) in [6.45, 7) is 8.97. The van der Waals surface area contributed by atoms with Gasteiger partial charge in [0.05, 0.1) is 12.5 Å². The molecule has 0 aliphatic heterocycles. The predicted octanol–water partition coefficient (Wildman–Crippen LogP) is 4.44. The summed E-state index contributed by atoms with van der Waals surface area (Å²) >= 11 is 0. The van der Waals surface area contributed by atoms with E-state index < -0.39 is 34.8 Å². The van der Waals surface area contributed by atoms with E-state index in [2.05, 4.69) is 10.4 Å². The maximum absolute atomic E-state index is 14.6. The zero-order valence-electron chi connectivity index (χ0n) is 21.1. The summed E-state index contributed by atoms with van der Waals surface area (Å²) in [4.78, 5) is 24.6. The van der Waals surface area contributed by atoms with Gasteiger partial charge in [-0.2, -0.15) is 9.78 Å². The standard InChI is InChI=1S/C27H32FN3O5/c1-17-10-12-18(13-11-17)20(15-24(32)33)29-25(34)21-14-23(36-16-27(5,35)26(2,3)4)31(30-21)22-9-7-6-8-19(22)28/h6-14,20,35H,15-16H2,1-5H3,(H,29,34)(H,32,33)/t20?,27-/m1/s1. The molecule has 3 rings (SSSR count).